The number of methoxy groups -OCH3 is 1. The van der Waals surface area contributed by atoms with Gasteiger partial charge in [-0.3, -0.25) is 9.36 Å². The first-order valence-corrected chi connectivity index (χ1v) is 14.4. The Bertz CT molecular complexity index is 1690. The zero-order valence-corrected chi connectivity index (χ0v) is 25.3. The van der Waals surface area contributed by atoms with Crippen molar-refractivity contribution in [3.8, 4) is 17.2 Å². The molecule has 3 aromatic rings. The van der Waals surface area contributed by atoms with Crippen LogP contribution in [0, 0.1) is 0 Å². The number of allylic oxidation sites excluding steroid dienone is 1. The summed E-state index contributed by atoms with van der Waals surface area (Å²) in [5, 5.41) is 0. The van der Waals surface area contributed by atoms with E-state index in [2.05, 4.69) is 9.73 Å². The molecular formula is C31H34N2O8S. The third-order valence-corrected chi connectivity index (χ3v) is 7.21. The van der Waals surface area contributed by atoms with Crippen LogP contribution in [0.25, 0.3) is 6.08 Å². The van der Waals surface area contributed by atoms with Gasteiger partial charge in [0.1, 0.15) is 11.8 Å². The Morgan fingerprint density at radius 3 is 2.50 bits per heavy atom. The highest BCUT2D eigenvalue weighted by molar-refractivity contribution is 7.07. The third kappa shape index (κ3) is 6.57. The SMILES string of the molecule is CCOC(=O)C1=C(C)N=c2s/c(=C\c3ccc(OCC(=O)OC)c(OCC)c3)c(=O)n2C1c1ccccc1OC(C)C. The highest BCUT2D eigenvalue weighted by Crippen LogP contribution is 2.36. The van der Waals surface area contributed by atoms with Gasteiger partial charge in [0.05, 0.1) is 42.2 Å². The number of ether oxygens (including phenoxy) is 5. The molecule has 0 radical (unpaired) electrons. The number of carbonyl (C=O) groups excluding carboxylic acids is 2. The molecule has 222 valence electrons. The number of para-hydroxylation sites is 1. The molecule has 1 unspecified atom stereocenters. The Balaban J connectivity index is 1.87. The molecule has 0 amide bonds. The maximum Gasteiger partial charge on any atom is 0.343 e. The first-order chi connectivity index (χ1) is 20.2. The Morgan fingerprint density at radius 1 is 1.05 bits per heavy atom. The number of thiazole rings is 1. The molecule has 1 atom stereocenters. The topological polar surface area (TPSA) is 115 Å². The van der Waals surface area contributed by atoms with Crippen LogP contribution in [0.2, 0.25) is 0 Å². The summed E-state index contributed by atoms with van der Waals surface area (Å²) >= 11 is 1.21. The summed E-state index contributed by atoms with van der Waals surface area (Å²) in [5.74, 6) is 0.294. The van der Waals surface area contributed by atoms with Gasteiger partial charge in [-0.25, -0.2) is 14.6 Å². The van der Waals surface area contributed by atoms with Gasteiger partial charge in [0.2, 0.25) is 0 Å². The lowest BCUT2D eigenvalue weighted by molar-refractivity contribution is -0.143. The monoisotopic (exact) mass is 594 g/mol. The van der Waals surface area contributed by atoms with Gasteiger partial charge < -0.3 is 23.7 Å². The van der Waals surface area contributed by atoms with Crippen LogP contribution in [0.1, 0.15) is 51.8 Å². The quantitative estimate of drug-likeness (QED) is 0.310. The van der Waals surface area contributed by atoms with Crippen LogP contribution >= 0.6 is 11.3 Å². The number of hydrogen-bond acceptors (Lipinski definition) is 10. The molecule has 0 spiro atoms. The van der Waals surface area contributed by atoms with E-state index in [1.807, 2.05) is 45.0 Å². The van der Waals surface area contributed by atoms with Gasteiger partial charge in [-0.05, 0) is 64.5 Å². The lowest BCUT2D eigenvalue weighted by Gasteiger charge is -2.26. The number of aromatic nitrogens is 1. The van der Waals surface area contributed by atoms with Crippen molar-refractivity contribution in [2.45, 2.75) is 46.8 Å². The van der Waals surface area contributed by atoms with Crippen molar-refractivity contribution in [2.24, 2.45) is 4.99 Å². The maximum atomic E-state index is 14.0. The van der Waals surface area contributed by atoms with E-state index in [0.717, 1.165) is 0 Å². The van der Waals surface area contributed by atoms with Crippen LogP contribution in [0.4, 0.5) is 0 Å². The van der Waals surface area contributed by atoms with Crippen molar-refractivity contribution in [3.63, 3.8) is 0 Å². The molecule has 1 aliphatic heterocycles. The van der Waals surface area contributed by atoms with Crippen LogP contribution < -0.4 is 29.1 Å². The summed E-state index contributed by atoms with van der Waals surface area (Å²) in [4.78, 5) is 43.9. The summed E-state index contributed by atoms with van der Waals surface area (Å²) in [5.41, 5.74) is 1.76. The summed E-state index contributed by atoms with van der Waals surface area (Å²) in [6.45, 7) is 9.42. The van der Waals surface area contributed by atoms with Gasteiger partial charge in [-0.15, -0.1) is 0 Å². The van der Waals surface area contributed by atoms with E-state index in [9.17, 15) is 14.4 Å². The molecule has 1 aliphatic rings. The molecule has 0 fully saturated rings. The van der Waals surface area contributed by atoms with Crippen LogP contribution in [0.3, 0.4) is 0 Å². The van der Waals surface area contributed by atoms with Gasteiger partial charge in [0.25, 0.3) is 5.56 Å². The first kappa shape index (κ1) is 30.6. The number of fused-ring (bicyclic) bond motifs is 1. The Hall–Kier alpha value is -4.38. The van der Waals surface area contributed by atoms with E-state index in [1.54, 1.807) is 38.1 Å². The standard InChI is InChI=1S/C31H34N2O8S/c1-7-38-24-15-20(13-14-23(24)40-17-26(34)37-6)16-25-29(35)33-28(21-11-9-10-12-22(21)41-18(3)4)27(30(36)39-8-2)19(5)32-31(33)42-25/h9-16,18,28H,7-8,17H2,1-6H3/b25-16-. The fourth-order valence-electron chi connectivity index (χ4n) is 4.50. The fourth-order valence-corrected chi connectivity index (χ4v) is 5.55. The van der Waals surface area contributed by atoms with Gasteiger partial charge in [-0.1, -0.05) is 35.6 Å². The molecule has 4 rings (SSSR count). The molecule has 10 nitrogen and oxygen atoms in total. The number of hydrogen-bond donors (Lipinski definition) is 0. The average molecular weight is 595 g/mol. The normalized spacial score (nSPS) is 14.7. The van der Waals surface area contributed by atoms with Gasteiger partial charge in [0, 0.05) is 5.56 Å². The number of carbonyl (C=O) groups is 2. The van der Waals surface area contributed by atoms with Crippen molar-refractivity contribution in [3.05, 3.63) is 84.5 Å². The largest absolute Gasteiger partial charge is 0.491 e. The molecule has 2 heterocycles. The average Bonchev–Trinajstić information content (AvgIpc) is 3.25. The molecule has 0 saturated carbocycles. The number of esters is 2. The second-order valence-electron chi connectivity index (χ2n) is 9.51. The van der Waals surface area contributed by atoms with E-state index >= 15 is 0 Å². The smallest absolute Gasteiger partial charge is 0.343 e. The van der Waals surface area contributed by atoms with E-state index in [1.165, 1.54) is 23.0 Å². The molecule has 0 bridgehead atoms. The van der Waals surface area contributed by atoms with E-state index < -0.39 is 18.0 Å². The molecule has 2 aromatic carbocycles. The van der Waals surface area contributed by atoms with Crippen LogP contribution in [-0.4, -0.2) is 49.5 Å². The summed E-state index contributed by atoms with van der Waals surface area (Å²) < 4.78 is 29.3. The molecule has 0 aliphatic carbocycles. The van der Waals surface area contributed by atoms with Gasteiger partial charge in [-0.2, -0.15) is 0 Å². The van der Waals surface area contributed by atoms with Crippen LogP contribution in [0.5, 0.6) is 17.2 Å². The van der Waals surface area contributed by atoms with E-state index in [4.69, 9.17) is 18.9 Å². The zero-order chi connectivity index (χ0) is 30.4. The second kappa shape index (κ2) is 13.5. The Labute approximate surface area is 247 Å². The highest BCUT2D eigenvalue weighted by Gasteiger charge is 2.35. The number of nitrogens with zero attached hydrogens (tertiary/aromatic N) is 2. The molecule has 42 heavy (non-hydrogen) atoms. The second-order valence-corrected chi connectivity index (χ2v) is 10.5. The molecule has 11 heteroatoms. The van der Waals surface area contributed by atoms with Crippen LogP contribution in [0.15, 0.2) is 63.5 Å². The van der Waals surface area contributed by atoms with Gasteiger partial charge in [0.15, 0.2) is 22.9 Å². The van der Waals surface area contributed by atoms with Crippen molar-refractivity contribution < 1.29 is 33.3 Å². The molecule has 0 N–H and O–H groups in total. The van der Waals surface area contributed by atoms with E-state index in [-0.39, 0.29) is 30.5 Å². The lowest BCUT2D eigenvalue weighted by Crippen LogP contribution is -2.40. The van der Waals surface area contributed by atoms with Crippen molar-refractivity contribution in [1.82, 2.24) is 4.57 Å². The zero-order valence-electron chi connectivity index (χ0n) is 24.5. The minimum atomic E-state index is -0.800. The number of benzene rings is 2. The number of rotatable bonds is 11. The van der Waals surface area contributed by atoms with E-state index in [0.29, 0.717) is 50.0 Å². The minimum absolute atomic E-state index is 0.128. The molecule has 0 saturated heterocycles. The van der Waals surface area contributed by atoms with Crippen molar-refractivity contribution in [2.75, 3.05) is 26.9 Å². The first-order valence-electron chi connectivity index (χ1n) is 13.6. The van der Waals surface area contributed by atoms with Crippen molar-refractivity contribution >= 4 is 29.4 Å². The third-order valence-electron chi connectivity index (χ3n) is 6.23. The molecule has 1 aromatic heterocycles. The Morgan fingerprint density at radius 2 is 1.81 bits per heavy atom. The minimum Gasteiger partial charge on any atom is -0.491 e. The Kier molecular flexibility index (Phi) is 9.84. The predicted molar refractivity (Wildman–Crippen MR) is 158 cm³/mol. The molecular weight excluding hydrogens is 560 g/mol. The summed E-state index contributed by atoms with van der Waals surface area (Å²) in [6.07, 6.45) is 1.60. The van der Waals surface area contributed by atoms with Crippen molar-refractivity contribution in [1.29, 1.82) is 0 Å². The predicted octanol–water partition coefficient (Wildman–Crippen LogP) is 3.54. The maximum absolute atomic E-state index is 14.0. The fraction of sp³-hybridized carbons (Fsp3) is 0.355. The lowest BCUT2D eigenvalue weighted by atomic mass is 9.95. The summed E-state index contributed by atoms with van der Waals surface area (Å²) in [7, 11) is 1.28. The van der Waals surface area contributed by atoms with Gasteiger partial charge >= 0.3 is 11.9 Å². The summed E-state index contributed by atoms with van der Waals surface area (Å²) in [6, 6.07) is 11.7. The van der Waals surface area contributed by atoms with Crippen LogP contribution in [-0.2, 0) is 19.1 Å². The highest BCUT2D eigenvalue weighted by atomic mass is 32.1.